The van der Waals surface area contributed by atoms with Crippen molar-refractivity contribution >= 4 is 6.29 Å². The molecule has 0 saturated heterocycles. The van der Waals surface area contributed by atoms with Crippen molar-refractivity contribution in [3.8, 4) is 5.75 Å². The molecule has 2 aromatic rings. The minimum absolute atomic E-state index is 0.421. The molecule has 0 bridgehead atoms. The molecule has 27 heavy (non-hydrogen) atoms. The van der Waals surface area contributed by atoms with Gasteiger partial charge in [0.15, 0.2) is 0 Å². The molecule has 1 aliphatic carbocycles. The molecule has 1 aliphatic rings. The number of hydrogen-bond donors (Lipinski definition) is 2. The summed E-state index contributed by atoms with van der Waals surface area (Å²) >= 11 is 0. The summed E-state index contributed by atoms with van der Waals surface area (Å²) in [6.45, 7) is 1.97. The zero-order chi connectivity index (χ0) is 19.9. The van der Waals surface area contributed by atoms with E-state index in [0.29, 0.717) is 12.2 Å². The standard InChI is InChI=1S/C13H18O.C9H10O.C2H7N/c1-10-9-12(7-8-13(10)14)11-5-3-2-4-6-11;10-8-4-7-9-5-2-1-3-6-9;1-3-2/h7-9,11,14H,2-6H2,1H3;1-3,5-6,8H,4,7H2;3H,1-2H3. The van der Waals surface area contributed by atoms with Crippen LogP contribution in [0.3, 0.4) is 0 Å². The van der Waals surface area contributed by atoms with Gasteiger partial charge in [0.05, 0.1) is 0 Å². The predicted octanol–water partition coefficient (Wildman–Crippen LogP) is 5.40. The van der Waals surface area contributed by atoms with Crippen LogP contribution in [0.15, 0.2) is 48.5 Å². The second-order valence-electron chi connectivity index (χ2n) is 7.07. The van der Waals surface area contributed by atoms with Crippen molar-refractivity contribution in [2.24, 2.45) is 0 Å². The van der Waals surface area contributed by atoms with E-state index in [-0.39, 0.29) is 0 Å². The Hall–Kier alpha value is -2.13. The predicted molar refractivity (Wildman–Crippen MR) is 114 cm³/mol. The minimum Gasteiger partial charge on any atom is -0.508 e. The van der Waals surface area contributed by atoms with Crippen LogP contribution in [0.2, 0.25) is 0 Å². The maximum atomic E-state index is 9.98. The highest BCUT2D eigenvalue weighted by molar-refractivity contribution is 5.50. The minimum atomic E-state index is 0.421. The fraction of sp³-hybridized carbons (Fsp3) is 0.458. The molecule has 2 N–H and O–H groups in total. The first-order valence-corrected chi connectivity index (χ1v) is 9.97. The molecule has 3 heteroatoms. The van der Waals surface area contributed by atoms with Gasteiger partial charge in [0.25, 0.3) is 0 Å². The highest BCUT2D eigenvalue weighted by atomic mass is 16.3. The van der Waals surface area contributed by atoms with E-state index in [4.69, 9.17) is 0 Å². The molecule has 1 saturated carbocycles. The number of aryl methyl sites for hydroxylation is 2. The van der Waals surface area contributed by atoms with Gasteiger partial charge in [-0.05, 0) is 69.0 Å². The van der Waals surface area contributed by atoms with Crippen LogP contribution in [0.1, 0.15) is 61.1 Å². The van der Waals surface area contributed by atoms with Gasteiger partial charge in [-0.15, -0.1) is 0 Å². The van der Waals surface area contributed by atoms with Crippen LogP contribution >= 0.6 is 0 Å². The second-order valence-corrected chi connectivity index (χ2v) is 7.07. The van der Waals surface area contributed by atoms with Gasteiger partial charge in [-0.1, -0.05) is 61.7 Å². The smallest absolute Gasteiger partial charge is 0.120 e. The number of aldehydes is 1. The van der Waals surface area contributed by atoms with Crippen LogP contribution in [0, 0.1) is 6.92 Å². The number of carbonyl (C=O) groups is 1. The third kappa shape index (κ3) is 9.39. The number of benzene rings is 2. The first kappa shape index (κ1) is 22.9. The van der Waals surface area contributed by atoms with Crippen LogP contribution in [0.5, 0.6) is 5.75 Å². The molecule has 3 nitrogen and oxygen atoms in total. The first-order valence-electron chi connectivity index (χ1n) is 9.97. The molecule has 0 atom stereocenters. The SMILES string of the molecule is CNC.Cc1cc(C2CCCCC2)ccc1O.O=CCCc1ccccc1. The lowest BCUT2D eigenvalue weighted by Crippen LogP contribution is -2.04. The molecule has 1 fully saturated rings. The zero-order valence-electron chi connectivity index (χ0n) is 17.1. The van der Waals surface area contributed by atoms with Gasteiger partial charge in [-0.25, -0.2) is 0 Å². The summed E-state index contributed by atoms with van der Waals surface area (Å²) in [6, 6.07) is 16.1. The third-order valence-electron chi connectivity index (χ3n) is 4.69. The van der Waals surface area contributed by atoms with E-state index in [0.717, 1.165) is 24.2 Å². The molecule has 0 unspecified atom stereocenters. The lowest BCUT2D eigenvalue weighted by Gasteiger charge is -2.22. The Labute approximate surface area is 164 Å². The Bertz CT molecular complexity index is 634. The third-order valence-corrected chi connectivity index (χ3v) is 4.69. The average Bonchev–Trinajstić information content (AvgIpc) is 2.71. The summed E-state index contributed by atoms with van der Waals surface area (Å²) in [7, 11) is 3.75. The quantitative estimate of drug-likeness (QED) is 0.709. The lowest BCUT2D eigenvalue weighted by molar-refractivity contribution is -0.107. The van der Waals surface area contributed by atoms with Crippen molar-refractivity contribution in [3.05, 3.63) is 65.2 Å². The monoisotopic (exact) mass is 369 g/mol. The number of hydrogen-bond acceptors (Lipinski definition) is 3. The molecule has 148 valence electrons. The molecule has 0 aliphatic heterocycles. The van der Waals surface area contributed by atoms with Gasteiger partial charge in [0.2, 0.25) is 0 Å². The van der Waals surface area contributed by atoms with E-state index in [1.165, 1.54) is 43.2 Å². The lowest BCUT2D eigenvalue weighted by atomic mass is 9.83. The van der Waals surface area contributed by atoms with Crippen molar-refractivity contribution in [1.82, 2.24) is 5.32 Å². The summed E-state index contributed by atoms with van der Waals surface area (Å²) in [5, 5.41) is 12.2. The van der Waals surface area contributed by atoms with Gasteiger partial charge in [-0.3, -0.25) is 0 Å². The molecule has 0 heterocycles. The number of phenols is 1. The van der Waals surface area contributed by atoms with E-state index in [1.807, 2.05) is 57.4 Å². The molecule has 0 aromatic heterocycles. The van der Waals surface area contributed by atoms with Gasteiger partial charge in [0.1, 0.15) is 12.0 Å². The van der Waals surface area contributed by atoms with E-state index >= 15 is 0 Å². The van der Waals surface area contributed by atoms with Crippen LogP contribution in [0.25, 0.3) is 0 Å². The van der Waals surface area contributed by atoms with E-state index in [1.54, 1.807) is 0 Å². The van der Waals surface area contributed by atoms with E-state index in [9.17, 15) is 9.90 Å². The van der Waals surface area contributed by atoms with Crippen molar-refractivity contribution in [2.75, 3.05) is 14.1 Å². The maximum absolute atomic E-state index is 9.98. The fourth-order valence-electron chi connectivity index (χ4n) is 3.24. The Morgan fingerprint density at radius 1 is 1.04 bits per heavy atom. The summed E-state index contributed by atoms with van der Waals surface area (Å²) in [4.78, 5) is 9.98. The summed E-state index contributed by atoms with van der Waals surface area (Å²) in [6.07, 6.45) is 9.22. The molecule has 2 aromatic carbocycles. The number of nitrogens with one attached hydrogen (secondary N) is 1. The Kier molecular flexibility index (Phi) is 11.9. The van der Waals surface area contributed by atoms with Gasteiger partial charge in [0, 0.05) is 6.42 Å². The largest absolute Gasteiger partial charge is 0.508 e. The van der Waals surface area contributed by atoms with Gasteiger partial charge in [-0.2, -0.15) is 0 Å². The van der Waals surface area contributed by atoms with Crippen LogP contribution in [0.4, 0.5) is 0 Å². The highest BCUT2D eigenvalue weighted by Gasteiger charge is 2.15. The van der Waals surface area contributed by atoms with Crippen LogP contribution in [-0.4, -0.2) is 25.5 Å². The molecular formula is C24H35NO2. The van der Waals surface area contributed by atoms with E-state index < -0.39 is 0 Å². The van der Waals surface area contributed by atoms with Crippen LogP contribution < -0.4 is 5.32 Å². The summed E-state index contributed by atoms with van der Waals surface area (Å²) in [5.74, 6) is 1.16. The molecular weight excluding hydrogens is 334 g/mol. The average molecular weight is 370 g/mol. The van der Waals surface area contributed by atoms with Gasteiger partial charge >= 0.3 is 0 Å². The number of phenolic OH excluding ortho intramolecular Hbond substituents is 1. The van der Waals surface area contributed by atoms with Crippen molar-refractivity contribution < 1.29 is 9.90 Å². The van der Waals surface area contributed by atoms with E-state index in [2.05, 4.69) is 17.4 Å². The Morgan fingerprint density at radius 3 is 2.22 bits per heavy atom. The molecule has 0 amide bonds. The Balaban J connectivity index is 0.000000246. The topological polar surface area (TPSA) is 49.3 Å². The zero-order valence-corrected chi connectivity index (χ0v) is 17.1. The number of carbonyl (C=O) groups excluding carboxylic acids is 1. The second kappa shape index (κ2) is 14.0. The van der Waals surface area contributed by atoms with Crippen molar-refractivity contribution in [2.45, 2.75) is 57.8 Å². The molecule has 0 spiro atoms. The number of rotatable bonds is 4. The summed E-state index contributed by atoms with van der Waals surface area (Å²) < 4.78 is 0. The summed E-state index contributed by atoms with van der Waals surface area (Å²) in [5.41, 5.74) is 3.66. The van der Waals surface area contributed by atoms with Crippen molar-refractivity contribution in [1.29, 1.82) is 0 Å². The first-order chi connectivity index (χ1) is 13.1. The molecule has 0 radical (unpaired) electrons. The number of aromatic hydroxyl groups is 1. The maximum Gasteiger partial charge on any atom is 0.120 e. The molecule has 3 rings (SSSR count). The fourth-order valence-corrected chi connectivity index (χ4v) is 3.24. The van der Waals surface area contributed by atoms with Gasteiger partial charge < -0.3 is 15.2 Å². The van der Waals surface area contributed by atoms with Crippen LogP contribution in [-0.2, 0) is 11.2 Å². The Morgan fingerprint density at radius 2 is 1.67 bits per heavy atom. The van der Waals surface area contributed by atoms with Crippen molar-refractivity contribution in [3.63, 3.8) is 0 Å². The normalized spacial score (nSPS) is 13.6. The highest BCUT2D eigenvalue weighted by Crippen LogP contribution is 2.34.